The Balaban J connectivity index is 2.71. The van der Waals surface area contributed by atoms with Crippen LogP contribution in [0.15, 0.2) is 29.9 Å². The van der Waals surface area contributed by atoms with E-state index in [1.165, 1.54) is 10.1 Å². The molecular formula is C9H6N2S. The third-order valence-electron chi connectivity index (χ3n) is 2.02. The fourth-order valence-corrected chi connectivity index (χ4v) is 2.24. The predicted octanol–water partition coefficient (Wildman–Crippen LogP) is 2.78. The van der Waals surface area contributed by atoms with E-state index in [1.54, 1.807) is 17.7 Å². The minimum atomic E-state index is 1.08. The second-order valence-corrected chi connectivity index (χ2v) is 3.64. The number of fused-ring (bicyclic) bond motifs is 3. The van der Waals surface area contributed by atoms with E-state index < -0.39 is 0 Å². The minimum absolute atomic E-state index is 1.08. The van der Waals surface area contributed by atoms with E-state index in [1.807, 2.05) is 0 Å². The zero-order valence-corrected chi connectivity index (χ0v) is 7.06. The van der Waals surface area contributed by atoms with Crippen LogP contribution in [0.1, 0.15) is 0 Å². The Morgan fingerprint density at radius 3 is 3.25 bits per heavy atom. The van der Waals surface area contributed by atoms with Crippen molar-refractivity contribution in [2.75, 3.05) is 0 Å². The van der Waals surface area contributed by atoms with Crippen molar-refractivity contribution in [3.8, 4) is 0 Å². The molecule has 2 nitrogen and oxygen atoms in total. The topological polar surface area (TPSA) is 28.7 Å². The minimum Gasteiger partial charge on any atom is -0.345 e. The summed E-state index contributed by atoms with van der Waals surface area (Å²) in [4.78, 5) is 7.37. The van der Waals surface area contributed by atoms with Crippen LogP contribution in [-0.2, 0) is 0 Å². The van der Waals surface area contributed by atoms with Crippen molar-refractivity contribution < 1.29 is 0 Å². The first-order valence-corrected chi connectivity index (χ1v) is 4.62. The summed E-state index contributed by atoms with van der Waals surface area (Å²) in [7, 11) is 0. The van der Waals surface area contributed by atoms with Crippen molar-refractivity contribution in [3.05, 3.63) is 29.9 Å². The van der Waals surface area contributed by atoms with Gasteiger partial charge in [-0.1, -0.05) is 0 Å². The largest absolute Gasteiger partial charge is 0.345 e. The summed E-state index contributed by atoms with van der Waals surface area (Å²) in [5.41, 5.74) is 2.19. The van der Waals surface area contributed by atoms with Crippen molar-refractivity contribution in [1.29, 1.82) is 0 Å². The quantitative estimate of drug-likeness (QED) is 0.557. The number of thiophene rings is 1. The Labute approximate surface area is 72.9 Å². The number of benzene rings is 1. The molecule has 0 atom stereocenters. The molecule has 0 bridgehead atoms. The van der Waals surface area contributed by atoms with Gasteiger partial charge in [0.15, 0.2) is 0 Å². The van der Waals surface area contributed by atoms with E-state index in [4.69, 9.17) is 0 Å². The fraction of sp³-hybridized carbons (Fsp3) is 0. The maximum Gasteiger partial charge on any atom is 0.0969 e. The molecule has 0 saturated heterocycles. The van der Waals surface area contributed by atoms with Gasteiger partial charge in [0, 0.05) is 10.1 Å². The van der Waals surface area contributed by atoms with E-state index in [-0.39, 0.29) is 0 Å². The van der Waals surface area contributed by atoms with Crippen molar-refractivity contribution >= 4 is 32.5 Å². The number of hydrogen-bond donors (Lipinski definition) is 1. The molecule has 0 amide bonds. The molecule has 0 radical (unpaired) electrons. The second-order valence-electron chi connectivity index (χ2n) is 2.70. The second kappa shape index (κ2) is 2.08. The molecule has 3 rings (SSSR count). The number of aromatic nitrogens is 2. The van der Waals surface area contributed by atoms with Gasteiger partial charge < -0.3 is 4.98 Å². The molecule has 3 aromatic rings. The Hall–Kier alpha value is -1.35. The zero-order chi connectivity index (χ0) is 7.97. The van der Waals surface area contributed by atoms with Crippen LogP contribution in [-0.4, -0.2) is 9.97 Å². The summed E-state index contributed by atoms with van der Waals surface area (Å²) >= 11 is 1.75. The maximum absolute atomic E-state index is 4.27. The van der Waals surface area contributed by atoms with Crippen LogP contribution < -0.4 is 0 Å². The molecule has 1 aromatic carbocycles. The lowest BCUT2D eigenvalue weighted by atomic mass is 10.2. The highest BCUT2D eigenvalue weighted by atomic mass is 32.1. The molecule has 12 heavy (non-hydrogen) atoms. The third kappa shape index (κ3) is 0.662. The number of imidazole rings is 1. The van der Waals surface area contributed by atoms with Gasteiger partial charge in [-0.25, -0.2) is 4.98 Å². The number of hydrogen-bond acceptors (Lipinski definition) is 2. The standard InChI is InChI=1S/C9H6N2S/c1-2-8-6(3-4-12-8)9-7(1)10-5-11-9/h1-5H,(H,10,11). The van der Waals surface area contributed by atoms with Gasteiger partial charge in [0.05, 0.1) is 17.4 Å². The number of nitrogens with zero attached hydrogens (tertiary/aromatic N) is 1. The first-order chi connectivity index (χ1) is 5.95. The van der Waals surface area contributed by atoms with Crippen LogP contribution in [0.5, 0.6) is 0 Å². The molecule has 2 aromatic heterocycles. The molecule has 0 unspecified atom stereocenters. The predicted molar refractivity (Wildman–Crippen MR) is 51.5 cm³/mol. The third-order valence-corrected chi connectivity index (χ3v) is 2.90. The fourth-order valence-electron chi connectivity index (χ4n) is 1.45. The van der Waals surface area contributed by atoms with Crippen molar-refractivity contribution in [2.45, 2.75) is 0 Å². The smallest absolute Gasteiger partial charge is 0.0969 e. The molecule has 0 aliphatic rings. The first-order valence-electron chi connectivity index (χ1n) is 3.74. The highest BCUT2D eigenvalue weighted by Crippen LogP contribution is 2.26. The van der Waals surface area contributed by atoms with E-state index in [9.17, 15) is 0 Å². The molecule has 0 fully saturated rings. The molecule has 0 aliphatic carbocycles. The molecule has 3 heteroatoms. The summed E-state index contributed by atoms with van der Waals surface area (Å²) in [5, 5.41) is 3.34. The van der Waals surface area contributed by atoms with E-state index in [2.05, 4.69) is 33.5 Å². The monoisotopic (exact) mass is 174 g/mol. The van der Waals surface area contributed by atoms with Crippen molar-refractivity contribution in [1.82, 2.24) is 9.97 Å². The molecular weight excluding hydrogens is 168 g/mol. The van der Waals surface area contributed by atoms with Crippen molar-refractivity contribution in [2.24, 2.45) is 0 Å². The van der Waals surface area contributed by atoms with E-state index >= 15 is 0 Å². The average Bonchev–Trinajstić information content (AvgIpc) is 2.71. The summed E-state index contributed by atoms with van der Waals surface area (Å²) in [6, 6.07) is 6.31. The molecule has 2 heterocycles. The Morgan fingerprint density at radius 1 is 1.25 bits per heavy atom. The number of aromatic amines is 1. The Kier molecular flexibility index (Phi) is 1.07. The average molecular weight is 174 g/mol. The lowest BCUT2D eigenvalue weighted by Gasteiger charge is -1.89. The highest BCUT2D eigenvalue weighted by molar-refractivity contribution is 7.17. The highest BCUT2D eigenvalue weighted by Gasteiger charge is 2.01. The van der Waals surface area contributed by atoms with Crippen LogP contribution >= 0.6 is 11.3 Å². The normalized spacial score (nSPS) is 11.3. The summed E-state index contributed by atoms with van der Waals surface area (Å²) in [6.45, 7) is 0. The molecule has 0 aliphatic heterocycles. The van der Waals surface area contributed by atoms with Gasteiger partial charge in [-0.3, -0.25) is 0 Å². The van der Waals surface area contributed by atoms with Crippen LogP contribution in [0.25, 0.3) is 21.1 Å². The van der Waals surface area contributed by atoms with Crippen LogP contribution in [0.4, 0.5) is 0 Å². The summed E-state index contributed by atoms with van der Waals surface area (Å²) in [6.07, 6.45) is 1.74. The molecule has 0 spiro atoms. The maximum atomic E-state index is 4.27. The Morgan fingerprint density at radius 2 is 2.25 bits per heavy atom. The van der Waals surface area contributed by atoms with Gasteiger partial charge in [-0.15, -0.1) is 11.3 Å². The van der Waals surface area contributed by atoms with Crippen LogP contribution in [0, 0.1) is 0 Å². The van der Waals surface area contributed by atoms with Crippen molar-refractivity contribution in [3.63, 3.8) is 0 Å². The first kappa shape index (κ1) is 6.20. The van der Waals surface area contributed by atoms with Gasteiger partial charge >= 0.3 is 0 Å². The molecule has 0 saturated carbocycles. The molecule has 58 valence electrons. The lowest BCUT2D eigenvalue weighted by molar-refractivity contribution is 1.35. The number of H-pyrrole nitrogens is 1. The summed E-state index contributed by atoms with van der Waals surface area (Å²) in [5.74, 6) is 0. The van der Waals surface area contributed by atoms with Gasteiger partial charge in [0.25, 0.3) is 0 Å². The van der Waals surface area contributed by atoms with Crippen LogP contribution in [0.3, 0.4) is 0 Å². The SMILES string of the molecule is c1nc2c(ccc3sccc32)[nH]1. The van der Waals surface area contributed by atoms with Crippen LogP contribution in [0.2, 0.25) is 0 Å². The number of rotatable bonds is 0. The van der Waals surface area contributed by atoms with E-state index in [0.717, 1.165) is 11.0 Å². The molecule has 1 N–H and O–H groups in total. The Bertz CT molecular complexity index is 486. The summed E-state index contributed by atoms with van der Waals surface area (Å²) < 4.78 is 1.30. The zero-order valence-electron chi connectivity index (χ0n) is 6.24. The lowest BCUT2D eigenvalue weighted by Crippen LogP contribution is -1.68. The van der Waals surface area contributed by atoms with Gasteiger partial charge in [0.1, 0.15) is 0 Å². The van der Waals surface area contributed by atoms with Gasteiger partial charge in [-0.2, -0.15) is 0 Å². The van der Waals surface area contributed by atoms with Gasteiger partial charge in [0.2, 0.25) is 0 Å². The van der Waals surface area contributed by atoms with Gasteiger partial charge in [-0.05, 0) is 23.6 Å². The number of nitrogens with one attached hydrogen (secondary N) is 1. The van der Waals surface area contributed by atoms with E-state index in [0.29, 0.717) is 0 Å².